The molecule has 3 heterocycles. The third-order valence-corrected chi connectivity index (χ3v) is 11.6. The van der Waals surface area contributed by atoms with Gasteiger partial charge in [-0.1, -0.05) is 128 Å². The number of ether oxygens (including phenoxy) is 1. The molecule has 0 bridgehead atoms. The number of aromatic nitrogens is 2. The Morgan fingerprint density at radius 1 is 0.550 bits per heavy atom. The Hall–Kier alpha value is -5.64. The van der Waals surface area contributed by atoms with Crippen LogP contribution in [0.4, 0.5) is 22.7 Å². The van der Waals surface area contributed by atoms with E-state index in [1.165, 1.54) is 22.3 Å². The Labute approximate surface area is 370 Å². The summed E-state index contributed by atoms with van der Waals surface area (Å²) in [6.45, 7) is 20.2. The molecule has 0 spiro atoms. The molecular formula is C54H52N4OPt. The zero-order valence-corrected chi connectivity index (χ0v) is 38.2. The molecule has 8 aromatic rings. The van der Waals surface area contributed by atoms with Gasteiger partial charge in [0.15, 0.2) is 0 Å². The second-order valence-corrected chi connectivity index (χ2v) is 17.9. The molecule has 0 atom stereocenters. The van der Waals surface area contributed by atoms with Crippen LogP contribution >= 0.6 is 0 Å². The maximum Gasteiger partial charge on any atom is 4.00 e. The van der Waals surface area contributed by atoms with E-state index in [1.54, 1.807) is 0 Å². The molecule has 0 amide bonds. The minimum Gasteiger partial charge on any atom is -0.509 e. The summed E-state index contributed by atoms with van der Waals surface area (Å²) >= 11 is 0. The maximum absolute atomic E-state index is 6.64. The summed E-state index contributed by atoms with van der Waals surface area (Å²) in [6.07, 6.45) is 1.90. The summed E-state index contributed by atoms with van der Waals surface area (Å²) in [5, 5.41) is 2.24. The summed E-state index contributed by atoms with van der Waals surface area (Å²) < 4.78 is 8.84. The van der Waals surface area contributed by atoms with Crippen molar-refractivity contribution in [3.63, 3.8) is 0 Å². The number of hydrogen-bond acceptors (Lipinski definition) is 4. The molecule has 0 saturated heterocycles. The van der Waals surface area contributed by atoms with E-state index >= 15 is 0 Å². The summed E-state index contributed by atoms with van der Waals surface area (Å²) in [5.74, 6) is 2.07. The SMILES string of the molecule is CC(C)(C)c1cccc(N2[CH-]N(c3[c-]c(Oc4[c-]c5c(cc4)c4ccccc4n5-c4cc(C(C)(C)C)ccn4)ccc3)c3cc(C(C)(C)c4ccccc4)ccc32)c1.[CH3-].[Pt+4]. The molecule has 6 heteroatoms. The molecule has 9 rings (SSSR count). The third kappa shape index (κ3) is 7.77. The number of anilines is 4. The fourth-order valence-electron chi connectivity index (χ4n) is 8.02. The van der Waals surface area contributed by atoms with Crippen LogP contribution in [0.3, 0.4) is 0 Å². The predicted octanol–water partition coefficient (Wildman–Crippen LogP) is 14.3. The Balaban J connectivity index is 0.00000272. The molecule has 304 valence electrons. The number of fused-ring (bicyclic) bond motifs is 4. The van der Waals surface area contributed by atoms with Crippen LogP contribution in [0.25, 0.3) is 27.6 Å². The van der Waals surface area contributed by atoms with Crippen LogP contribution in [0, 0.1) is 26.2 Å². The smallest absolute Gasteiger partial charge is 0.509 e. The number of pyridine rings is 1. The first-order chi connectivity index (χ1) is 27.8. The molecule has 60 heavy (non-hydrogen) atoms. The molecular weight excluding hydrogens is 916 g/mol. The summed E-state index contributed by atoms with van der Waals surface area (Å²) in [7, 11) is 0. The van der Waals surface area contributed by atoms with Crippen molar-refractivity contribution in [1.82, 2.24) is 9.55 Å². The van der Waals surface area contributed by atoms with Crippen LogP contribution in [0.1, 0.15) is 77.6 Å². The van der Waals surface area contributed by atoms with E-state index in [-0.39, 0.29) is 44.7 Å². The van der Waals surface area contributed by atoms with Crippen molar-refractivity contribution in [2.45, 2.75) is 71.6 Å². The van der Waals surface area contributed by atoms with E-state index in [0.717, 1.165) is 50.4 Å². The normalized spacial score (nSPS) is 12.9. The first-order valence-electron chi connectivity index (χ1n) is 20.1. The van der Waals surface area contributed by atoms with E-state index in [4.69, 9.17) is 9.72 Å². The van der Waals surface area contributed by atoms with E-state index in [0.29, 0.717) is 11.5 Å². The van der Waals surface area contributed by atoms with E-state index in [1.807, 2.05) is 24.4 Å². The number of rotatable bonds is 7. The van der Waals surface area contributed by atoms with Crippen LogP contribution in [-0.2, 0) is 37.3 Å². The molecule has 0 N–H and O–H groups in total. The minimum atomic E-state index is -0.212. The maximum atomic E-state index is 6.64. The van der Waals surface area contributed by atoms with E-state index in [9.17, 15) is 0 Å². The fraction of sp³-hybridized carbons (Fsp3) is 0.204. The topological polar surface area (TPSA) is 33.5 Å². The number of nitrogens with zero attached hydrogens (tertiary/aromatic N) is 4. The summed E-state index contributed by atoms with van der Waals surface area (Å²) in [4.78, 5) is 9.37. The van der Waals surface area contributed by atoms with E-state index < -0.39 is 0 Å². The van der Waals surface area contributed by atoms with Crippen LogP contribution in [0.2, 0.25) is 0 Å². The zero-order valence-electron chi connectivity index (χ0n) is 35.9. The van der Waals surface area contributed by atoms with Gasteiger partial charge in [-0.3, -0.25) is 0 Å². The molecule has 1 aliphatic heterocycles. The number of benzene rings is 6. The van der Waals surface area contributed by atoms with Gasteiger partial charge in [0.05, 0.1) is 0 Å². The van der Waals surface area contributed by atoms with Gasteiger partial charge >= 0.3 is 21.1 Å². The van der Waals surface area contributed by atoms with Gasteiger partial charge in [0.2, 0.25) is 0 Å². The van der Waals surface area contributed by atoms with Gasteiger partial charge in [-0.25, -0.2) is 4.98 Å². The first kappa shape index (κ1) is 42.5. The Morgan fingerprint density at radius 3 is 2.00 bits per heavy atom. The molecule has 1 aliphatic rings. The number of para-hydroxylation sites is 1. The van der Waals surface area contributed by atoms with Gasteiger partial charge in [-0.05, 0) is 80.9 Å². The monoisotopic (exact) mass is 967 g/mol. The molecule has 0 aliphatic carbocycles. The van der Waals surface area contributed by atoms with Crippen molar-refractivity contribution >= 4 is 44.6 Å². The van der Waals surface area contributed by atoms with Crippen LogP contribution < -0.4 is 14.5 Å². The van der Waals surface area contributed by atoms with E-state index in [2.05, 4.69) is 210 Å². The van der Waals surface area contributed by atoms with Crippen LogP contribution in [-0.4, -0.2) is 9.55 Å². The second kappa shape index (κ2) is 16.1. The standard InChI is InChI=1S/C53H49N4O.CH3.Pt/c1-51(2,3)37-18-14-19-40(30-37)55-35-56(49-31-39(24-27-47(49)55)53(7,8)36-16-10-9-11-17-36)41-20-15-21-42(33-41)58-43-25-26-45-44-22-12-13-23-46(44)57(48(45)34-43)50-32-38(28-29-54-50)52(4,5)6;;/h9-32,35H,1-8H3;1H3;/q-3;-1;+4. The zero-order chi connectivity index (χ0) is 40.4. The Kier molecular flexibility index (Phi) is 11.4. The molecule has 0 saturated carbocycles. The van der Waals surface area contributed by atoms with Gasteiger partial charge in [0.1, 0.15) is 5.82 Å². The quantitative estimate of drug-likeness (QED) is 0.149. The average Bonchev–Trinajstić information content (AvgIpc) is 3.76. The number of hydrogen-bond donors (Lipinski definition) is 0. The predicted molar refractivity (Wildman–Crippen MR) is 247 cm³/mol. The minimum absolute atomic E-state index is 0. The van der Waals surface area contributed by atoms with Gasteiger partial charge in [-0.2, -0.15) is 12.1 Å². The van der Waals surface area contributed by atoms with Crippen molar-refractivity contribution in [3.8, 4) is 17.3 Å². The molecule has 2 aromatic heterocycles. The van der Waals surface area contributed by atoms with Gasteiger partial charge in [0.25, 0.3) is 0 Å². The van der Waals surface area contributed by atoms with Crippen LogP contribution in [0.5, 0.6) is 11.5 Å². The van der Waals surface area contributed by atoms with Crippen molar-refractivity contribution in [3.05, 3.63) is 194 Å². The third-order valence-electron chi connectivity index (χ3n) is 11.6. The molecule has 5 nitrogen and oxygen atoms in total. The summed E-state index contributed by atoms with van der Waals surface area (Å²) in [5.41, 5.74) is 11.0. The first-order valence-corrected chi connectivity index (χ1v) is 20.1. The largest absolute Gasteiger partial charge is 4.00 e. The van der Waals surface area contributed by atoms with Gasteiger partial charge in [0, 0.05) is 45.7 Å². The van der Waals surface area contributed by atoms with Crippen LogP contribution in [0.15, 0.2) is 146 Å². The van der Waals surface area contributed by atoms with Crippen molar-refractivity contribution in [2.75, 3.05) is 9.80 Å². The molecule has 0 radical (unpaired) electrons. The van der Waals surface area contributed by atoms with Gasteiger partial charge in [-0.15, -0.1) is 48.1 Å². The second-order valence-electron chi connectivity index (χ2n) is 17.9. The molecule has 0 fully saturated rings. The van der Waals surface area contributed by atoms with Crippen molar-refractivity contribution in [1.29, 1.82) is 0 Å². The van der Waals surface area contributed by atoms with Gasteiger partial charge < -0.3 is 26.5 Å². The Morgan fingerprint density at radius 2 is 1.23 bits per heavy atom. The van der Waals surface area contributed by atoms with Crippen molar-refractivity contribution in [2.24, 2.45) is 0 Å². The summed E-state index contributed by atoms with van der Waals surface area (Å²) in [6, 6.07) is 56.7. The molecule has 0 unspecified atom stereocenters. The fourth-order valence-corrected chi connectivity index (χ4v) is 8.02. The average molecular weight is 968 g/mol. The molecule has 6 aromatic carbocycles. The Bertz CT molecular complexity index is 2810. The van der Waals surface area contributed by atoms with Crippen molar-refractivity contribution < 1.29 is 25.8 Å².